The second-order valence-electron chi connectivity index (χ2n) is 4.52. The minimum Gasteiger partial charge on any atom is -0.494 e. The molecule has 1 aliphatic rings. The first kappa shape index (κ1) is 12.9. The van der Waals surface area contributed by atoms with Crippen LogP contribution < -0.4 is 16.0 Å². The van der Waals surface area contributed by atoms with E-state index in [1.807, 2.05) is 31.2 Å². The Labute approximate surface area is 108 Å². The van der Waals surface area contributed by atoms with Gasteiger partial charge in [-0.05, 0) is 44.0 Å². The molecule has 98 valence electrons. The highest BCUT2D eigenvalue weighted by Gasteiger charge is 2.15. The van der Waals surface area contributed by atoms with Gasteiger partial charge in [0.1, 0.15) is 11.6 Å². The first-order valence-electron chi connectivity index (χ1n) is 6.61. The van der Waals surface area contributed by atoms with Gasteiger partial charge in [0.05, 0.1) is 12.6 Å². The van der Waals surface area contributed by atoms with Crippen LogP contribution in [0.15, 0.2) is 29.3 Å². The highest BCUT2D eigenvalue weighted by Crippen LogP contribution is 2.21. The lowest BCUT2D eigenvalue weighted by atomic mass is 10.2. The van der Waals surface area contributed by atoms with Crippen LogP contribution in [0.1, 0.15) is 38.2 Å². The Hall–Kier alpha value is -1.55. The number of aliphatic imine (C=N–C) groups is 1. The molecule has 0 aromatic heterocycles. The van der Waals surface area contributed by atoms with Crippen LogP contribution in [0.4, 0.5) is 0 Å². The molecule has 0 aliphatic heterocycles. The van der Waals surface area contributed by atoms with Gasteiger partial charge < -0.3 is 10.2 Å². The molecule has 0 bridgehead atoms. The Balaban J connectivity index is 2.11. The van der Waals surface area contributed by atoms with Crippen LogP contribution >= 0.6 is 0 Å². The van der Waals surface area contributed by atoms with Crippen molar-refractivity contribution in [2.45, 2.75) is 38.6 Å². The fraction of sp³-hybridized carbons (Fsp3) is 0.500. The van der Waals surface area contributed by atoms with Crippen LogP contribution in [0, 0.1) is 0 Å². The summed E-state index contributed by atoms with van der Waals surface area (Å²) < 4.78 is 5.42. The topological polar surface area (TPSA) is 59.6 Å². The second kappa shape index (κ2) is 6.40. The predicted molar refractivity (Wildman–Crippen MR) is 73.7 cm³/mol. The number of nitrogens with one attached hydrogen (secondary N) is 1. The number of nitrogens with two attached hydrogens (primary N) is 1. The van der Waals surface area contributed by atoms with Gasteiger partial charge in [-0.15, -0.1) is 0 Å². The summed E-state index contributed by atoms with van der Waals surface area (Å²) in [7, 11) is 0. The summed E-state index contributed by atoms with van der Waals surface area (Å²) in [6, 6.07) is 8.28. The lowest BCUT2D eigenvalue weighted by Gasteiger charge is -2.10. The van der Waals surface area contributed by atoms with Crippen LogP contribution in [0.2, 0.25) is 0 Å². The van der Waals surface area contributed by atoms with Crippen molar-refractivity contribution in [2.75, 3.05) is 6.61 Å². The molecule has 1 saturated carbocycles. The Bertz CT molecular complexity index is 394. The zero-order valence-electron chi connectivity index (χ0n) is 10.9. The number of hydrogen-bond acceptors (Lipinski definition) is 3. The molecule has 1 aromatic rings. The van der Waals surface area contributed by atoms with Crippen LogP contribution in [0.25, 0.3) is 0 Å². The van der Waals surface area contributed by atoms with Crippen LogP contribution in [0.3, 0.4) is 0 Å². The number of ether oxygens (including phenoxy) is 1. The third kappa shape index (κ3) is 3.23. The van der Waals surface area contributed by atoms with E-state index in [1.165, 1.54) is 25.7 Å². The SMILES string of the molecule is CCOc1ccc(C(=NC2CCCC2)NN)cc1. The molecule has 0 radical (unpaired) electrons. The minimum atomic E-state index is 0.419. The molecule has 0 spiro atoms. The van der Waals surface area contributed by atoms with Crippen molar-refractivity contribution in [1.82, 2.24) is 5.43 Å². The Kier molecular flexibility index (Phi) is 4.59. The van der Waals surface area contributed by atoms with Gasteiger partial charge in [0.2, 0.25) is 0 Å². The molecule has 0 saturated heterocycles. The molecular weight excluding hydrogens is 226 g/mol. The third-order valence-corrected chi connectivity index (χ3v) is 3.21. The zero-order chi connectivity index (χ0) is 12.8. The molecular formula is C14H21N3O. The summed E-state index contributed by atoms with van der Waals surface area (Å²) in [5, 5.41) is 0. The maximum Gasteiger partial charge on any atom is 0.142 e. The van der Waals surface area contributed by atoms with Crippen molar-refractivity contribution in [3.05, 3.63) is 29.8 Å². The number of amidine groups is 1. The molecule has 2 rings (SSSR count). The van der Waals surface area contributed by atoms with E-state index < -0.39 is 0 Å². The summed E-state index contributed by atoms with van der Waals surface area (Å²) in [6.07, 6.45) is 4.88. The molecule has 18 heavy (non-hydrogen) atoms. The molecule has 0 atom stereocenters. The molecule has 4 heteroatoms. The van der Waals surface area contributed by atoms with Crippen LogP contribution in [-0.2, 0) is 0 Å². The van der Waals surface area contributed by atoms with E-state index in [1.54, 1.807) is 0 Å². The number of rotatable bonds is 4. The van der Waals surface area contributed by atoms with Crippen LogP contribution in [0.5, 0.6) is 5.75 Å². The van der Waals surface area contributed by atoms with Gasteiger partial charge in [0, 0.05) is 5.56 Å². The van der Waals surface area contributed by atoms with Crippen molar-refractivity contribution >= 4 is 5.84 Å². The molecule has 1 aliphatic carbocycles. The van der Waals surface area contributed by atoms with Gasteiger partial charge in [-0.1, -0.05) is 12.8 Å². The molecule has 1 aromatic carbocycles. The van der Waals surface area contributed by atoms with Crippen LogP contribution in [-0.4, -0.2) is 18.5 Å². The summed E-state index contributed by atoms with van der Waals surface area (Å²) >= 11 is 0. The van der Waals surface area contributed by atoms with Gasteiger partial charge in [-0.3, -0.25) is 4.99 Å². The van der Waals surface area contributed by atoms with Gasteiger partial charge in [0.25, 0.3) is 0 Å². The minimum absolute atomic E-state index is 0.419. The lowest BCUT2D eigenvalue weighted by Crippen LogP contribution is -2.32. The van der Waals surface area contributed by atoms with E-state index in [0.29, 0.717) is 12.6 Å². The average molecular weight is 247 g/mol. The molecule has 1 fully saturated rings. The molecule has 3 N–H and O–H groups in total. The maximum absolute atomic E-state index is 5.57. The highest BCUT2D eigenvalue weighted by atomic mass is 16.5. The fourth-order valence-electron chi connectivity index (χ4n) is 2.29. The van der Waals surface area contributed by atoms with E-state index >= 15 is 0 Å². The Morgan fingerprint density at radius 3 is 2.56 bits per heavy atom. The van der Waals surface area contributed by atoms with Gasteiger partial charge >= 0.3 is 0 Å². The number of benzene rings is 1. The Morgan fingerprint density at radius 2 is 2.00 bits per heavy atom. The zero-order valence-corrected chi connectivity index (χ0v) is 10.9. The Morgan fingerprint density at radius 1 is 1.33 bits per heavy atom. The summed E-state index contributed by atoms with van der Waals surface area (Å²) in [5.74, 6) is 7.21. The van der Waals surface area contributed by atoms with E-state index in [9.17, 15) is 0 Å². The van der Waals surface area contributed by atoms with Crippen molar-refractivity contribution in [1.29, 1.82) is 0 Å². The predicted octanol–water partition coefficient (Wildman–Crippen LogP) is 2.24. The van der Waals surface area contributed by atoms with Crippen molar-refractivity contribution in [3.8, 4) is 5.75 Å². The second-order valence-corrected chi connectivity index (χ2v) is 4.52. The normalized spacial score (nSPS) is 16.9. The quantitative estimate of drug-likeness (QED) is 0.371. The maximum atomic E-state index is 5.57. The molecule has 4 nitrogen and oxygen atoms in total. The number of hydrogen-bond donors (Lipinski definition) is 2. The van der Waals surface area contributed by atoms with Gasteiger partial charge in [-0.2, -0.15) is 0 Å². The number of hydrazine groups is 1. The van der Waals surface area contributed by atoms with E-state index in [4.69, 9.17) is 10.6 Å². The lowest BCUT2D eigenvalue weighted by molar-refractivity contribution is 0.340. The fourth-order valence-corrected chi connectivity index (χ4v) is 2.29. The smallest absolute Gasteiger partial charge is 0.142 e. The molecule has 0 heterocycles. The summed E-state index contributed by atoms with van der Waals surface area (Å²) in [6.45, 7) is 2.65. The first-order valence-corrected chi connectivity index (χ1v) is 6.61. The van der Waals surface area contributed by atoms with Crippen molar-refractivity contribution < 1.29 is 4.74 Å². The largest absolute Gasteiger partial charge is 0.494 e. The van der Waals surface area contributed by atoms with E-state index in [-0.39, 0.29) is 0 Å². The highest BCUT2D eigenvalue weighted by molar-refractivity contribution is 5.98. The molecule has 0 amide bonds. The van der Waals surface area contributed by atoms with Gasteiger partial charge in [0.15, 0.2) is 0 Å². The molecule has 0 unspecified atom stereocenters. The monoisotopic (exact) mass is 247 g/mol. The standard InChI is InChI=1S/C14H21N3O/c1-2-18-13-9-7-11(8-10-13)14(17-15)16-12-5-3-4-6-12/h7-10,12H,2-6,15H2,1H3,(H,16,17). The number of nitrogens with zero attached hydrogens (tertiary/aromatic N) is 1. The third-order valence-electron chi connectivity index (χ3n) is 3.21. The van der Waals surface area contributed by atoms with E-state index in [0.717, 1.165) is 17.1 Å². The summed E-state index contributed by atoms with van der Waals surface area (Å²) in [5.41, 5.74) is 3.71. The van der Waals surface area contributed by atoms with Crippen molar-refractivity contribution in [3.63, 3.8) is 0 Å². The van der Waals surface area contributed by atoms with E-state index in [2.05, 4.69) is 10.4 Å². The summed E-state index contributed by atoms with van der Waals surface area (Å²) in [4.78, 5) is 4.68. The average Bonchev–Trinajstić information content (AvgIpc) is 2.90. The first-order chi connectivity index (χ1) is 8.83. The van der Waals surface area contributed by atoms with Gasteiger partial charge in [-0.25, -0.2) is 5.84 Å². The van der Waals surface area contributed by atoms with Crippen molar-refractivity contribution in [2.24, 2.45) is 10.8 Å².